The number of halogens is 1. The van der Waals surface area contributed by atoms with Crippen LogP contribution in [0.1, 0.15) is 24.0 Å². The summed E-state index contributed by atoms with van der Waals surface area (Å²) >= 11 is 5.72. The fourth-order valence-corrected chi connectivity index (χ4v) is 6.75. The molecule has 0 radical (unpaired) electrons. The van der Waals surface area contributed by atoms with E-state index in [0.717, 1.165) is 12.8 Å². The Morgan fingerprint density at radius 2 is 0.957 bits per heavy atom. The lowest BCUT2D eigenvalue weighted by atomic mass is 10.1. The van der Waals surface area contributed by atoms with E-state index in [4.69, 9.17) is 40.5 Å². The average molecular weight is 943 g/mol. The molecule has 2 heterocycles. The molecule has 346 valence electrons. The number of pyridine rings is 2. The molecule has 0 bridgehead atoms. The third-order valence-corrected chi connectivity index (χ3v) is 10.3. The smallest absolute Gasteiger partial charge is 0.323 e. The van der Waals surface area contributed by atoms with Gasteiger partial charge >= 0.3 is 12.1 Å². The molecule has 6 aromatic carbocycles. The molecule has 0 saturated carbocycles. The normalized spacial score (nSPS) is 10.3. The highest BCUT2D eigenvalue weighted by Crippen LogP contribution is 2.35. The zero-order chi connectivity index (χ0) is 48.5. The van der Waals surface area contributed by atoms with Crippen molar-refractivity contribution in [3.63, 3.8) is 0 Å². The number of nitrogens with one attached hydrogen (secondary N) is 4. The van der Waals surface area contributed by atoms with Gasteiger partial charge in [0.15, 0.2) is 0 Å². The Morgan fingerprint density at radius 1 is 0.551 bits per heavy atom. The average Bonchev–Trinajstić information content (AvgIpc) is 3.37. The topological polar surface area (TPSA) is 222 Å². The van der Waals surface area contributed by atoms with Crippen LogP contribution >= 0.6 is 11.6 Å². The number of hydrogen-bond acceptors (Lipinski definition) is 12. The lowest BCUT2D eigenvalue weighted by molar-refractivity contribution is 0.261. The van der Waals surface area contributed by atoms with Gasteiger partial charge in [0, 0.05) is 63.9 Å². The van der Waals surface area contributed by atoms with Crippen LogP contribution in [0.4, 0.5) is 32.3 Å². The maximum Gasteiger partial charge on any atom is 0.323 e. The minimum atomic E-state index is -0.382. The molecule has 0 spiro atoms. The zero-order valence-electron chi connectivity index (χ0n) is 37.2. The predicted molar refractivity (Wildman–Crippen MR) is 264 cm³/mol. The van der Waals surface area contributed by atoms with Crippen LogP contribution in [0.2, 0.25) is 0 Å². The van der Waals surface area contributed by atoms with Gasteiger partial charge in [-0.1, -0.05) is 0 Å². The Morgan fingerprint density at radius 3 is 1.36 bits per heavy atom. The highest BCUT2D eigenvalue weighted by molar-refractivity contribution is 6.17. The minimum Gasteiger partial charge on any atom is -0.506 e. The maximum atomic E-state index is 12.3. The lowest BCUT2D eigenvalue weighted by Crippen LogP contribution is -2.19. The first-order valence-electron chi connectivity index (χ1n) is 21.2. The third-order valence-electron chi connectivity index (χ3n) is 10.0. The summed E-state index contributed by atoms with van der Waals surface area (Å²) in [5.41, 5.74) is 4.15. The summed E-state index contributed by atoms with van der Waals surface area (Å²) in [5.74, 6) is 4.47. The Balaban J connectivity index is 0.000000206. The highest BCUT2D eigenvalue weighted by atomic mass is 35.5. The zero-order valence-corrected chi connectivity index (χ0v) is 37.9. The first-order valence-corrected chi connectivity index (χ1v) is 21.7. The van der Waals surface area contributed by atoms with E-state index in [2.05, 4.69) is 37.3 Å². The van der Waals surface area contributed by atoms with E-state index in [1.54, 1.807) is 148 Å². The van der Waals surface area contributed by atoms with E-state index in [0.29, 0.717) is 103 Å². The van der Waals surface area contributed by atoms with Gasteiger partial charge in [0.1, 0.15) is 58.1 Å². The molecule has 4 amide bonds. The molecular formula is C52H43ClN8O8. The quantitative estimate of drug-likeness (QED) is 0.0478. The number of hydrogen-bond donors (Lipinski definition) is 5. The summed E-state index contributed by atoms with van der Waals surface area (Å²) in [5, 5.41) is 41.0. The minimum absolute atomic E-state index is 0.131. The van der Waals surface area contributed by atoms with Crippen molar-refractivity contribution in [2.75, 3.05) is 48.0 Å². The van der Waals surface area contributed by atoms with E-state index >= 15 is 0 Å². The third kappa shape index (κ3) is 13.0. The van der Waals surface area contributed by atoms with Crippen LogP contribution in [-0.4, -0.2) is 53.8 Å². The summed E-state index contributed by atoms with van der Waals surface area (Å²) in [6.07, 6.45) is 4.84. The second kappa shape index (κ2) is 23.3. The Kier molecular flexibility index (Phi) is 16.1. The number of nitriles is 2. The first kappa shape index (κ1) is 47.7. The van der Waals surface area contributed by atoms with E-state index < -0.39 is 0 Å². The van der Waals surface area contributed by atoms with Crippen molar-refractivity contribution in [1.82, 2.24) is 9.97 Å². The van der Waals surface area contributed by atoms with Crippen molar-refractivity contribution >= 4 is 68.2 Å². The molecule has 8 aromatic rings. The van der Waals surface area contributed by atoms with Crippen molar-refractivity contribution < 1.29 is 38.4 Å². The molecule has 2 aromatic heterocycles. The maximum absolute atomic E-state index is 12.3. The van der Waals surface area contributed by atoms with Gasteiger partial charge in [-0.25, -0.2) is 9.59 Å². The number of phenols is 1. The van der Waals surface area contributed by atoms with Crippen molar-refractivity contribution in [2.24, 2.45) is 0 Å². The molecule has 0 unspecified atom stereocenters. The van der Waals surface area contributed by atoms with Gasteiger partial charge in [0.25, 0.3) is 0 Å². The summed E-state index contributed by atoms with van der Waals surface area (Å²) in [7, 11) is 3.16. The molecule has 69 heavy (non-hydrogen) atoms. The van der Waals surface area contributed by atoms with Crippen molar-refractivity contribution in [2.45, 2.75) is 12.8 Å². The Bertz CT molecular complexity index is 3140. The van der Waals surface area contributed by atoms with Crippen LogP contribution in [0, 0.1) is 22.7 Å². The number of urea groups is 2. The van der Waals surface area contributed by atoms with Gasteiger partial charge in [-0.2, -0.15) is 10.5 Å². The number of phenolic OH excluding ortho intramolecular Hbond substituents is 1. The van der Waals surface area contributed by atoms with Gasteiger partial charge in [-0.15, -0.1) is 11.6 Å². The summed E-state index contributed by atoms with van der Waals surface area (Å²) in [6, 6.07) is 41.0. The number of aromatic hydroxyl groups is 1. The van der Waals surface area contributed by atoms with E-state index in [-0.39, 0.29) is 23.4 Å². The molecule has 0 atom stereocenters. The summed E-state index contributed by atoms with van der Waals surface area (Å²) < 4.78 is 28.0. The Labute approximate surface area is 401 Å². The number of methoxy groups -OCH3 is 2. The molecule has 0 aliphatic rings. The van der Waals surface area contributed by atoms with Gasteiger partial charge in [0.2, 0.25) is 0 Å². The van der Waals surface area contributed by atoms with Gasteiger partial charge in [0.05, 0.1) is 43.0 Å². The van der Waals surface area contributed by atoms with Crippen LogP contribution < -0.4 is 45.0 Å². The standard InChI is InChI=1S/C28H25ClN4O4.C24H18N4O4/c1-35-22-8-4-20(5-9-22)32-28(34)33-21-6-10-23(11-7-21)37-26-12-14-31-25-17-27(36-15-3-2-13-29)19(18-30)16-24(25)26;1-31-18-6-2-16(3-7-18)27-24(30)28-17-4-8-19(9-5-17)32-23-10-11-26-21-13-22(29)15(14-25)12-20(21)23/h4-12,14,16-17H,2-3,13,15H2,1H3,(H2,32,33,34);2-13,29H,1H3,(H2,27,28,30). The predicted octanol–water partition coefficient (Wildman–Crippen LogP) is 12.2. The van der Waals surface area contributed by atoms with Gasteiger partial charge in [-0.05, 0) is 134 Å². The number of rotatable bonds is 15. The van der Waals surface area contributed by atoms with Crippen molar-refractivity contribution in [3.8, 4) is 58.1 Å². The summed E-state index contributed by atoms with van der Waals surface area (Å²) in [6.45, 7) is 0.474. The van der Waals surface area contributed by atoms with Crippen LogP contribution in [0.15, 0.2) is 146 Å². The highest BCUT2D eigenvalue weighted by Gasteiger charge is 2.14. The van der Waals surface area contributed by atoms with Gasteiger partial charge in [-0.3, -0.25) is 9.97 Å². The fraction of sp³-hybridized carbons (Fsp3) is 0.115. The number of benzene rings is 6. The van der Waals surface area contributed by atoms with Crippen LogP contribution in [0.3, 0.4) is 0 Å². The van der Waals surface area contributed by atoms with E-state index in [1.807, 2.05) is 6.07 Å². The number of unbranched alkanes of at least 4 members (excludes halogenated alkanes) is 1. The monoisotopic (exact) mass is 942 g/mol. The largest absolute Gasteiger partial charge is 0.506 e. The number of nitrogens with zero attached hydrogens (tertiary/aromatic N) is 4. The molecule has 17 heteroatoms. The number of fused-ring (bicyclic) bond motifs is 2. The molecular weight excluding hydrogens is 900 g/mol. The second-order valence-electron chi connectivity index (χ2n) is 14.7. The summed E-state index contributed by atoms with van der Waals surface area (Å²) in [4.78, 5) is 33.1. The molecule has 0 aliphatic heterocycles. The molecule has 0 aliphatic carbocycles. The second-order valence-corrected chi connectivity index (χ2v) is 15.1. The SMILES string of the molecule is COc1ccc(NC(=O)Nc2ccc(Oc3ccnc4cc(O)c(C#N)cc34)cc2)cc1.COc1ccc(NC(=O)Nc2ccc(Oc3ccnc4cc(OCCCCCl)c(C#N)cc34)cc2)cc1. The van der Waals surface area contributed by atoms with Crippen LogP contribution in [0.25, 0.3) is 21.8 Å². The first-order chi connectivity index (χ1) is 33.6. The lowest BCUT2D eigenvalue weighted by Gasteiger charge is -2.12. The van der Waals surface area contributed by atoms with E-state index in [1.165, 1.54) is 12.1 Å². The molecule has 0 saturated heterocycles. The van der Waals surface area contributed by atoms with Crippen LogP contribution in [0.5, 0.6) is 46.0 Å². The molecule has 16 nitrogen and oxygen atoms in total. The van der Waals surface area contributed by atoms with E-state index in [9.17, 15) is 20.0 Å². The number of alkyl halides is 1. The molecule has 8 rings (SSSR count). The van der Waals surface area contributed by atoms with Crippen LogP contribution in [-0.2, 0) is 0 Å². The molecule has 0 fully saturated rings. The number of carbonyl (C=O) groups excluding carboxylic acids is 2. The fourth-order valence-electron chi connectivity index (χ4n) is 6.56. The Hall–Kier alpha value is -9.25. The van der Waals surface area contributed by atoms with Gasteiger partial charge < -0.3 is 50.1 Å². The number of anilines is 4. The molecule has 5 N–H and O–H groups in total. The number of aromatic nitrogens is 2. The number of carbonyl (C=O) groups is 2. The van der Waals surface area contributed by atoms with Crippen molar-refractivity contribution in [3.05, 3.63) is 157 Å². The van der Waals surface area contributed by atoms with Crippen molar-refractivity contribution in [1.29, 1.82) is 10.5 Å². The number of ether oxygens (including phenoxy) is 5. The number of amides is 4.